The van der Waals surface area contributed by atoms with Crippen molar-refractivity contribution in [2.75, 3.05) is 43.4 Å². The quantitative estimate of drug-likeness (QED) is 0.780. The maximum absolute atomic E-state index is 13.2. The van der Waals surface area contributed by atoms with Crippen LogP contribution in [0.5, 0.6) is 0 Å². The van der Waals surface area contributed by atoms with Gasteiger partial charge in [-0.15, -0.1) is 11.8 Å². The van der Waals surface area contributed by atoms with Crippen LogP contribution in [-0.4, -0.2) is 70.4 Å². The van der Waals surface area contributed by atoms with Gasteiger partial charge >= 0.3 is 0 Å². The predicted octanol–water partition coefficient (Wildman–Crippen LogP) is 2.58. The lowest BCUT2D eigenvalue weighted by Gasteiger charge is -2.41. The lowest BCUT2D eigenvalue weighted by atomic mass is 10.1. The minimum atomic E-state index is -0.126. The van der Waals surface area contributed by atoms with Crippen molar-refractivity contribution in [3.05, 3.63) is 36.0 Å². The van der Waals surface area contributed by atoms with Crippen LogP contribution in [0.1, 0.15) is 31.6 Å². The number of rotatable bonds is 4. The first-order valence-corrected chi connectivity index (χ1v) is 10.8. The molecule has 1 aromatic carbocycles. The van der Waals surface area contributed by atoms with Gasteiger partial charge in [0.1, 0.15) is 0 Å². The number of carbonyl (C=O) groups is 1. The fraction of sp³-hybridized carbons (Fsp3) is 0.550. The van der Waals surface area contributed by atoms with Crippen LogP contribution in [0.2, 0.25) is 0 Å². The van der Waals surface area contributed by atoms with E-state index in [1.54, 1.807) is 0 Å². The van der Waals surface area contributed by atoms with Crippen LogP contribution in [0.25, 0.3) is 0 Å². The standard InChI is InChI=1S/C20H27N5O2S/c1-14(19-21-16(3)22-27-19)23-8-10-24(11-9-23)15(2)20(26)25-12-13-28-18-7-5-4-6-17(18)25/h4-7,14-15H,8-13H2,1-3H3. The Morgan fingerprint density at radius 2 is 1.82 bits per heavy atom. The van der Waals surface area contributed by atoms with E-state index in [1.165, 1.54) is 4.90 Å². The van der Waals surface area contributed by atoms with E-state index in [0.29, 0.717) is 11.7 Å². The molecule has 150 valence electrons. The highest BCUT2D eigenvalue weighted by molar-refractivity contribution is 7.99. The van der Waals surface area contributed by atoms with E-state index in [2.05, 4.69) is 39.0 Å². The Bertz CT molecular complexity index is 834. The molecule has 1 saturated heterocycles. The zero-order chi connectivity index (χ0) is 19.7. The summed E-state index contributed by atoms with van der Waals surface area (Å²) in [5, 5.41) is 3.89. The molecule has 0 saturated carbocycles. The third-order valence-electron chi connectivity index (χ3n) is 5.70. The minimum absolute atomic E-state index is 0.0975. The van der Waals surface area contributed by atoms with Gasteiger partial charge in [-0.05, 0) is 32.9 Å². The number of piperazine rings is 1. The number of hydrogen-bond donors (Lipinski definition) is 0. The number of aryl methyl sites for hydroxylation is 1. The van der Waals surface area contributed by atoms with Crippen molar-refractivity contribution in [1.29, 1.82) is 0 Å². The highest BCUT2D eigenvalue weighted by Crippen LogP contribution is 2.35. The van der Waals surface area contributed by atoms with E-state index in [0.717, 1.165) is 44.2 Å². The van der Waals surface area contributed by atoms with Crippen LogP contribution in [0.15, 0.2) is 33.7 Å². The number of anilines is 1. The molecule has 8 heteroatoms. The van der Waals surface area contributed by atoms with Crippen molar-refractivity contribution in [1.82, 2.24) is 19.9 Å². The van der Waals surface area contributed by atoms with Gasteiger partial charge in [-0.25, -0.2) is 0 Å². The average Bonchev–Trinajstić information content (AvgIpc) is 3.18. The van der Waals surface area contributed by atoms with Gasteiger partial charge in [0.2, 0.25) is 11.8 Å². The number of nitrogens with zero attached hydrogens (tertiary/aromatic N) is 5. The average molecular weight is 402 g/mol. The molecule has 4 rings (SSSR count). The monoisotopic (exact) mass is 401 g/mol. The van der Waals surface area contributed by atoms with Crippen molar-refractivity contribution in [2.45, 2.75) is 37.8 Å². The molecule has 1 fully saturated rings. The maximum Gasteiger partial charge on any atom is 0.244 e. The molecule has 2 aliphatic heterocycles. The SMILES string of the molecule is Cc1noc(C(C)N2CCN(C(C)C(=O)N3CCSc4ccccc43)CC2)n1. The molecular formula is C20H27N5O2S. The summed E-state index contributed by atoms with van der Waals surface area (Å²) in [5.74, 6) is 2.48. The van der Waals surface area contributed by atoms with Gasteiger partial charge < -0.3 is 9.42 Å². The van der Waals surface area contributed by atoms with Gasteiger partial charge in [-0.2, -0.15) is 4.98 Å². The first-order chi connectivity index (χ1) is 13.5. The number of carbonyl (C=O) groups excluding carboxylic acids is 1. The molecule has 0 radical (unpaired) electrons. The second kappa shape index (κ2) is 8.23. The largest absolute Gasteiger partial charge is 0.338 e. The second-order valence-electron chi connectivity index (χ2n) is 7.41. The molecule has 28 heavy (non-hydrogen) atoms. The summed E-state index contributed by atoms with van der Waals surface area (Å²) < 4.78 is 5.33. The lowest BCUT2D eigenvalue weighted by Crippen LogP contribution is -2.55. The predicted molar refractivity (Wildman–Crippen MR) is 110 cm³/mol. The van der Waals surface area contributed by atoms with Gasteiger partial charge in [0, 0.05) is 43.4 Å². The van der Waals surface area contributed by atoms with E-state index in [1.807, 2.05) is 42.6 Å². The smallest absolute Gasteiger partial charge is 0.244 e. The molecule has 3 heterocycles. The lowest BCUT2D eigenvalue weighted by molar-refractivity contribution is -0.124. The Labute approximate surface area is 170 Å². The number of hydrogen-bond acceptors (Lipinski definition) is 7. The van der Waals surface area contributed by atoms with Crippen molar-refractivity contribution in [2.24, 2.45) is 0 Å². The summed E-state index contributed by atoms with van der Waals surface area (Å²) in [6.07, 6.45) is 0. The summed E-state index contributed by atoms with van der Waals surface area (Å²) in [6.45, 7) is 10.2. The zero-order valence-electron chi connectivity index (χ0n) is 16.7. The number of para-hydroxylation sites is 1. The van der Waals surface area contributed by atoms with Crippen LogP contribution in [-0.2, 0) is 4.79 Å². The summed E-state index contributed by atoms with van der Waals surface area (Å²) in [5.41, 5.74) is 1.05. The molecule has 2 atom stereocenters. The molecule has 1 amide bonds. The Morgan fingerprint density at radius 1 is 1.11 bits per heavy atom. The summed E-state index contributed by atoms with van der Waals surface area (Å²) >= 11 is 1.83. The van der Waals surface area contributed by atoms with Crippen LogP contribution < -0.4 is 4.90 Å². The van der Waals surface area contributed by atoms with E-state index in [4.69, 9.17) is 4.52 Å². The summed E-state index contributed by atoms with van der Waals surface area (Å²) in [7, 11) is 0. The number of fused-ring (bicyclic) bond motifs is 1. The minimum Gasteiger partial charge on any atom is -0.338 e. The van der Waals surface area contributed by atoms with E-state index < -0.39 is 0 Å². The number of thioether (sulfide) groups is 1. The third-order valence-corrected chi connectivity index (χ3v) is 6.74. The normalized spacial score (nSPS) is 20.6. The summed E-state index contributed by atoms with van der Waals surface area (Å²) in [4.78, 5) is 25.4. The van der Waals surface area contributed by atoms with E-state index in [-0.39, 0.29) is 18.0 Å². The van der Waals surface area contributed by atoms with Crippen LogP contribution in [0.3, 0.4) is 0 Å². The van der Waals surface area contributed by atoms with Crippen molar-refractivity contribution >= 4 is 23.4 Å². The third kappa shape index (κ3) is 3.81. The molecule has 2 aromatic rings. The number of aromatic nitrogens is 2. The topological polar surface area (TPSA) is 65.7 Å². The fourth-order valence-electron chi connectivity index (χ4n) is 3.93. The van der Waals surface area contributed by atoms with Gasteiger partial charge in [0.15, 0.2) is 5.82 Å². The van der Waals surface area contributed by atoms with Gasteiger partial charge in [-0.3, -0.25) is 14.6 Å². The van der Waals surface area contributed by atoms with Gasteiger partial charge in [0.25, 0.3) is 0 Å². The highest BCUT2D eigenvalue weighted by Gasteiger charge is 2.33. The molecular weight excluding hydrogens is 374 g/mol. The Morgan fingerprint density at radius 3 is 2.54 bits per heavy atom. The van der Waals surface area contributed by atoms with Crippen molar-refractivity contribution < 1.29 is 9.32 Å². The molecule has 0 N–H and O–H groups in total. The van der Waals surface area contributed by atoms with Crippen molar-refractivity contribution in [3.63, 3.8) is 0 Å². The molecule has 0 aliphatic carbocycles. The first kappa shape index (κ1) is 19.4. The van der Waals surface area contributed by atoms with Crippen LogP contribution >= 0.6 is 11.8 Å². The molecule has 2 unspecified atom stereocenters. The second-order valence-corrected chi connectivity index (χ2v) is 8.55. The maximum atomic E-state index is 13.2. The molecule has 1 aromatic heterocycles. The number of benzene rings is 1. The van der Waals surface area contributed by atoms with E-state index >= 15 is 0 Å². The Balaban J connectivity index is 1.38. The highest BCUT2D eigenvalue weighted by atomic mass is 32.2. The first-order valence-electron chi connectivity index (χ1n) is 9.86. The fourth-order valence-corrected chi connectivity index (χ4v) is 4.93. The zero-order valence-corrected chi connectivity index (χ0v) is 17.5. The van der Waals surface area contributed by atoms with Crippen molar-refractivity contribution in [3.8, 4) is 0 Å². The summed E-state index contributed by atoms with van der Waals surface area (Å²) in [6, 6.07) is 8.17. The Kier molecular flexibility index (Phi) is 5.70. The van der Waals surface area contributed by atoms with Gasteiger partial charge in [0.05, 0.1) is 17.8 Å². The molecule has 0 bridgehead atoms. The van der Waals surface area contributed by atoms with Crippen LogP contribution in [0.4, 0.5) is 5.69 Å². The molecule has 2 aliphatic rings. The molecule has 7 nitrogen and oxygen atoms in total. The van der Waals surface area contributed by atoms with Gasteiger partial charge in [-0.1, -0.05) is 17.3 Å². The Hall–Kier alpha value is -1.90. The molecule has 0 spiro atoms. The number of amides is 1. The van der Waals surface area contributed by atoms with E-state index in [9.17, 15) is 4.79 Å². The van der Waals surface area contributed by atoms with Crippen LogP contribution in [0, 0.1) is 6.92 Å².